The normalized spacial score (nSPS) is 18.4. The fourth-order valence-electron chi connectivity index (χ4n) is 2.83. The third kappa shape index (κ3) is 4.38. The molecule has 2 rings (SSSR count). The van der Waals surface area contributed by atoms with Crippen LogP contribution >= 0.6 is 11.8 Å². The predicted octanol–water partition coefficient (Wildman–Crippen LogP) is 2.05. The summed E-state index contributed by atoms with van der Waals surface area (Å²) in [7, 11) is 0. The summed E-state index contributed by atoms with van der Waals surface area (Å²) < 4.78 is 0.202. The van der Waals surface area contributed by atoms with Crippen molar-refractivity contribution in [1.29, 1.82) is 0 Å². The van der Waals surface area contributed by atoms with Crippen LogP contribution in [-0.4, -0.2) is 34.6 Å². The van der Waals surface area contributed by atoms with E-state index in [1.165, 1.54) is 25.7 Å². The van der Waals surface area contributed by atoms with E-state index < -0.39 is 6.04 Å². The number of phenolic OH excluding ortho intramolecular Hbond substituents is 1. The van der Waals surface area contributed by atoms with E-state index in [9.17, 15) is 9.90 Å². The standard InChI is InChI=1S/C16H24N2O2S/c1-21-16(8-2-3-9-16)11-18-15(20)14(17)10-12-4-6-13(19)7-5-12/h4-7,14,19H,2-3,8-11,17H2,1H3,(H,18,20)/t14-/m1/s1. The van der Waals surface area contributed by atoms with Crippen LogP contribution in [0.4, 0.5) is 0 Å². The van der Waals surface area contributed by atoms with Crippen molar-refractivity contribution in [3.8, 4) is 5.75 Å². The Morgan fingerprint density at radius 3 is 2.57 bits per heavy atom. The largest absolute Gasteiger partial charge is 0.508 e. The number of rotatable bonds is 6. The highest BCUT2D eigenvalue weighted by Gasteiger charge is 2.33. The molecule has 0 heterocycles. The van der Waals surface area contributed by atoms with Crippen LogP contribution in [0.1, 0.15) is 31.2 Å². The molecule has 5 heteroatoms. The molecule has 1 aliphatic carbocycles. The maximum atomic E-state index is 12.1. The summed E-state index contributed by atoms with van der Waals surface area (Å²) in [6.45, 7) is 0.705. The van der Waals surface area contributed by atoms with E-state index in [0.717, 1.165) is 5.56 Å². The van der Waals surface area contributed by atoms with Crippen molar-refractivity contribution in [2.45, 2.75) is 42.9 Å². The van der Waals surface area contributed by atoms with Gasteiger partial charge >= 0.3 is 0 Å². The molecule has 0 bridgehead atoms. The van der Waals surface area contributed by atoms with E-state index in [4.69, 9.17) is 5.73 Å². The lowest BCUT2D eigenvalue weighted by Gasteiger charge is -2.27. The predicted molar refractivity (Wildman–Crippen MR) is 87.5 cm³/mol. The lowest BCUT2D eigenvalue weighted by Crippen LogP contribution is -2.46. The Morgan fingerprint density at radius 2 is 2.00 bits per heavy atom. The van der Waals surface area contributed by atoms with E-state index in [0.29, 0.717) is 13.0 Å². The third-order valence-electron chi connectivity index (χ3n) is 4.26. The molecule has 0 spiro atoms. The number of nitrogens with two attached hydrogens (primary N) is 1. The van der Waals surface area contributed by atoms with E-state index in [1.54, 1.807) is 24.3 Å². The maximum absolute atomic E-state index is 12.1. The smallest absolute Gasteiger partial charge is 0.237 e. The van der Waals surface area contributed by atoms with Gasteiger partial charge in [0.25, 0.3) is 0 Å². The van der Waals surface area contributed by atoms with Crippen molar-refractivity contribution < 1.29 is 9.90 Å². The van der Waals surface area contributed by atoms with E-state index >= 15 is 0 Å². The minimum atomic E-state index is -0.546. The van der Waals surface area contributed by atoms with Crippen LogP contribution in [-0.2, 0) is 11.2 Å². The average Bonchev–Trinajstić information content (AvgIpc) is 2.96. The molecule has 1 fully saturated rings. The molecule has 1 aromatic carbocycles. The molecule has 1 saturated carbocycles. The summed E-state index contributed by atoms with van der Waals surface area (Å²) >= 11 is 1.86. The number of hydrogen-bond donors (Lipinski definition) is 3. The number of benzene rings is 1. The van der Waals surface area contributed by atoms with Gasteiger partial charge < -0.3 is 16.2 Å². The van der Waals surface area contributed by atoms with Crippen LogP contribution < -0.4 is 11.1 Å². The van der Waals surface area contributed by atoms with Gasteiger partial charge in [0.2, 0.25) is 5.91 Å². The number of phenols is 1. The first-order chi connectivity index (χ1) is 10.0. The van der Waals surface area contributed by atoms with Crippen LogP contribution in [0.2, 0.25) is 0 Å². The number of nitrogens with one attached hydrogen (secondary N) is 1. The molecule has 0 unspecified atom stereocenters. The molecular weight excluding hydrogens is 284 g/mol. The number of amides is 1. The summed E-state index contributed by atoms with van der Waals surface area (Å²) in [6.07, 6.45) is 7.43. The van der Waals surface area contributed by atoms with Crippen LogP contribution in [0, 0.1) is 0 Å². The molecule has 116 valence electrons. The van der Waals surface area contributed by atoms with Crippen molar-refractivity contribution >= 4 is 17.7 Å². The number of hydrogen-bond acceptors (Lipinski definition) is 4. The summed E-state index contributed by atoms with van der Waals surface area (Å²) in [6, 6.07) is 6.27. The highest BCUT2D eigenvalue weighted by atomic mass is 32.2. The Balaban J connectivity index is 1.83. The van der Waals surface area contributed by atoms with Crippen LogP contribution in [0.15, 0.2) is 24.3 Å². The second-order valence-corrected chi connectivity index (χ2v) is 7.06. The van der Waals surface area contributed by atoms with Crippen molar-refractivity contribution in [2.75, 3.05) is 12.8 Å². The molecular formula is C16H24N2O2S. The third-order valence-corrected chi connectivity index (χ3v) is 5.68. The number of thioether (sulfide) groups is 1. The Labute approximate surface area is 130 Å². The zero-order valence-electron chi connectivity index (χ0n) is 12.5. The second kappa shape index (κ2) is 7.18. The van der Waals surface area contributed by atoms with E-state index in [-0.39, 0.29) is 16.4 Å². The van der Waals surface area contributed by atoms with Gasteiger partial charge in [0.15, 0.2) is 0 Å². The van der Waals surface area contributed by atoms with Crippen molar-refractivity contribution in [2.24, 2.45) is 5.73 Å². The second-order valence-electron chi connectivity index (χ2n) is 5.79. The summed E-state index contributed by atoms with van der Waals surface area (Å²) in [5, 5.41) is 12.3. The Kier molecular flexibility index (Phi) is 5.53. The first kappa shape index (κ1) is 16.2. The zero-order chi connectivity index (χ0) is 15.3. The van der Waals surface area contributed by atoms with Crippen LogP contribution in [0.3, 0.4) is 0 Å². The first-order valence-electron chi connectivity index (χ1n) is 7.41. The van der Waals surface area contributed by atoms with E-state index in [1.807, 2.05) is 11.8 Å². The van der Waals surface area contributed by atoms with Gasteiger partial charge in [-0.1, -0.05) is 25.0 Å². The molecule has 4 N–H and O–H groups in total. The Bertz CT molecular complexity index is 470. The average molecular weight is 308 g/mol. The summed E-state index contributed by atoms with van der Waals surface area (Å²) in [5.41, 5.74) is 6.93. The molecule has 1 aliphatic rings. The summed E-state index contributed by atoms with van der Waals surface area (Å²) in [5.74, 6) is 0.128. The lowest BCUT2D eigenvalue weighted by atomic mass is 10.0. The number of aromatic hydroxyl groups is 1. The Morgan fingerprint density at radius 1 is 1.38 bits per heavy atom. The van der Waals surface area contributed by atoms with Gasteiger partial charge in [0.05, 0.1) is 6.04 Å². The van der Waals surface area contributed by atoms with E-state index in [2.05, 4.69) is 11.6 Å². The molecule has 4 nitrogen and oxygen atoms in total. The molecule has 0 saturated heterocycles. The monoisotopic (exact) mass is 308 g/mol. The molecule has 1 amide bonds. The highest BCUT2D eigenvalue weighted by Crippen LogP contribution is 2.39. The van der Waals surface area contributed by atoms with Crippen LogP contribution in [0.25, 0.3) is 0 Å². The van der Waals surface area contributed by atoms with Crippen molar-refractivity contribution in [3.63, 3.8) is 0 Å². The molecule has 21 heavy (non-hydrogen) atoms. The van der Waals surface area contributed by atoms with Gasteiger partial charge in [0.1, 0.15) is 5.75 Å². The fraction of sp³-hybridized carbons (Fsp3) is 0.562. The molecule has 0 aromatic heterocycles. The minimum absolute atomic E-state index is 0.0941. The zero-order valence-corrected chi connectivity index (χ0v) is 13.3. The van der Waals surface area contributed by atoms with Crippen LogP contribution in [0.5, 0.6) is 5.75 Å². The SMILES string of the molecule is CSC1(CNC(=O)[C@H](N)Cc2ccc(O)cc2)CCCC1. The molecule has 0 radical (unpaired) electrons. The maximum Gasteiger partial charge on any atom is 0.237 e. The summed E-state index contributed by atoms with van der Waals surface area (Å²) in [4.78, 5) is 12.1. The van der Waals surface area contributed by atoms with Gasteiger partial charge in [-0.3, -0.25) is 4.79 Å². The molecule has 1 aromatic rings. The Hall–Kier alpha value is -1.20. The van der Waals surface area contributed by atoms with Gasteiger partial charge in [-0.05, 0) is 43.2 Å². The van der Waals surface area contributed by atoms with Crippen molar-refractivity contribution in [3.05, 3.63) is 29.8 Å². The lowest BCUT2D eigenvalue weighted by molar-refractivity contribution is -0.122. The van der Waals surface area contributed by atoms with Gasteiger partial charge in [0, 0.05) is 11.3 Å². The first-order valence-corrected chi connectivity index (χ1v) is 8.63. The van der Waals surface area contributed by atoms with Gasteiger partial charge in [-0.25, -0.2) is 0 Å². The quantitative estimate of drug-likeness (QED) is 0.752. The topological polar surface area (TPSA) is 75.4 Å². The minimum Gasteiger partial charge on any atom is -0.508 e. The molecule has 0 aliphatic heterocycles. The van der Waals surface area contributed by atoms with Gasteiger partial charge in [-0.15, -0.1) is 0 Å². The van der Waals surface area contributed by atoms with Crippen molar-refractivity contribution in [1.82, 2.24) is 5.32 Å². The number of carbonyl (C=O) groups excluding carboxylic acids is 1. The number of carbonyl (C=O) groups is 1. The fourth-order valence-corrected chi connectivity index (χ4v) is 3.74. The van der Waals surface area contributed by atoms with Gasteiger partial charge in [-0.2, -0.15) is 11.8 Å². The molecule has 1 atom stereocenters. The highest BCUT2D eigenvalue weighted by molar-refractivity contribution is 8.00.